The highest BCUT2D eigenvalue weighted by Gasteiger charge is 2.27. The third-order valence-electron chi connectivity index (χ3n) is 5.08. The Bertz CT molecular complexity index is 812. The standard InChI is InChI=1S/C22H27NO2S/c1-5-16-11-14(2)15(3)12-21(16)25-13-19-18(17-9-10-17)7-6-8-20(19)23-22(26)24-4/h6-8,11-12,17H,5,9-10,13H2,1-4H3,(H,23,26). The lowest BCUT2D eigenvalue weighted by molar-refractivity contribution is 0.302. The van der Waals surface area contributed by atoms with Gasteiger partial charge in [0.25, 0.3) is 5.17 Å². The highest BCUT2D eigenvalue weighted by molar-refractivity contribution is 7.80. The second-order valence-electron chi connectivity index (χ2n) is 6.95. The molecule has 3 rings (SSSR count). The van der Waals surface area contributed by atoms with Gasteiger partial charge < -0.3 is 14.8 Å². The summed E-state index contributed by atoms with van der Waals surface area (Å²) in [6.45, 7) is 6.97. The molecule has 0 unspecified atom stereocenters. The van der Waals surface area contributed by atoms with Crippen LogP contribution in [0.15, 0.2) is 30.3 Å². The SMILES string of the molecule is CCc1cc(C)c(C)cc1OCc1c(NC(=S)OC)cccc1C1CC1. The van der Waals surface area contributed by atoms with Crippen molar-refractivity contribution in [2.24, 2.45) is 0 Å². The van der Waals surface area contributed by atoms with E-state index in [0.29, 0.717) is 17.7 Å². The molecule has 0 amide bonds. The van der Waals surface area contributed by atoms with E-state index in [1.165, 1.54) is 40.7 Å². The van der Waals surface area contributed by atoms with Crippen LogP contribution in [0.3, 0.4) is 0 Å². The van der Waals surface area contributed by atoms with E-state index in [4.69, 9.17) is 21.7 Å². The molecule has 0 aromatic heterocycles. The molecule has 2 aromatic carbocycles. The van der Waals surface area contributed by atoms with Crippen LogP contribution in [-0.2, 0) is 17.8 Å². The predicted octanol–water partition coefficient (Wildman–Crippen LogP) is 5.67. The first-order valence-electron chi connectivity index (χ1n) is 9.23. The van der Waals surface area contributed by atoms with Crippen LogP contribution < -0.4 is 10.1 Å². The van der Waals surface area contributed by atoms with Crippen molar-refractivity contribution in [1.82, 2.24) is 0 Å². The first kappa shape index (κ1) is 18.7. The first-order chi connectivity index (χ1) is 12.5. The molecule has 1 fully saturated rings. The number of nitrogens with one attached hydrogen (secondary N) is 1. The van der Waals surface area contributed by atoms with Crippen molar-refractivity contribution in [1.29, 1.82) is 0 Å². The van der Waals surface area contributed by atoms with Crippen LogP contribution in [0.4, 0.5) is 5.69 Å². The van der Waals surface area contributed by atoms with Crippen LogP contribution in [-0.4, -0.2) is 12.3 Å². The quantitative estimate of drug-likeness (QED) is 0.665. The molecule has 0 saturated heterocycles. The third kappa shape index (κ3) is 4.18. The number of hydrogen-bond donors (Lipinski definition) is 1. The maximum absolute atomic E-state index is 6.30. The lowest BCUT2D eigenvalue weighted by atomic mass is 10.0. The molecule has 1 saturated carbocycles. The molecule has 3 nitrogen and oxygen atoms in total. The van der Waals surface area contributed by atoms with E-state index >= 15 is 0 Å². The smallest absolute Gasteiger partial charge is 0.260 e. The van der Waals surface area contributed by atoms with E-state index in [9.17, 15) is 0 Å². The third-order valence-corrected chi connectivity index (χ3v) is 5.35. The molecule has 26 heavy (non-hydrogen) atoms. The summed E-state index contributed by atoms with van der Waals surface area (Å²) in [5.74, 6) is 1.61. The maximum Gasteiger partial charge on any atom is 0.260 e. The molecule has 0 bridgehead atoms. The first-order valence-corrected chi connectivity index (χ1v) is 9.64. The van der Waals surface area contributed by atoms with Gasteiger partial charge in [-0.05, 0) is 85.6 Å². The second-order valence-corrected chi connectivity index (χ2v) is 7.32. The van der Waals surface area contributed by atoms with Gasteiger partial charge in [-0.15, -0.1) is 0 Å². The van der Waals surface area contributed by atoms with E-state index < -0.39 is 0 Å². The minimum absolute atomic E-state index is 0.375. The maximum atomic E-state index is 6.30. The Balaban J connectivity index is 1.89. The Morgan fingerprint density at radius 3 is 2.58 bits per heavy atom. The zero-order valence-corrected chi connectivity index (χ0v) is 16.8. The lowest BCUT2D eigenvalue weighted by Crippen LogP contribution is -2.14. The predicted molar refractivity (Wildman–Crippen MR) is 111 cm³/mol. The van der Waals surface area contributed by atoms with Crippen molar-refractivity contribution < 1.29 is 9.47 Å². The van der Waals surface area contributed by atoms with E-state index in [2.05, 4.69) is 50.4 Å². The van der Waals surface area contributed by atoms with Crippen molar-refractivity contribution in [2.45, 2.75) is 52.6 Å². The average molecular weight is 370 g/mol. The number of rotatable bonds is 6. The molecule has 0 aliphatic heterocycles. The van der Waals surface area contributed by atoms with Gasteiger partial charge in [-0.2, -0.15) is 0 Å². The summed E-state index contributed by atoms with van der Waals surface area (Å²) in [4.78, 5) is 0. The second kappa shape index (κ2) is 8.09. The highest BCUT2D eigenvalue weighted by atomic mass is 32.1. The molecule has 1 aliphatic rings. The number of ether oxygens (including phenoxy) is 2. The zero-order valence-electron chi connectivity index (χ0n) is 16.0. The highest BCUT2D eigenvalue weighted by Crippen LogP contribution is 2.43. The summed E-state index contributed by atoms with van der Waals surface area (Å²) in [7, 11) is 1.58. The number of aryl methyl sites for hydroxylation is 3. The van der Waals surface area contributed by atoms with Crippen LogP contribution in [0.25, 0.3) is 0 Å². The minimum Gasteiger partial charge on any atom is -0.489 e. The molecule has 1 aliphatic carbocycles. The minimum atomic E-state index is 0.375. The van der Waals surface area contributed by atoms with Crippen LogP contribution in [0.5, 0.6) is 5.75 Å². The topological polar surface area (TPSA) is 30.5 Å². The normalized spacial score (nSPS) is 13.4. The Hall–Kier alpha value is -2.07. The fourth-order valence-electron chi connectivity index (χ4n) is 3.23. The van der Waals surface area contributed by atoms with Gasteiger partial charge in [-0.1, -0.05) is 25.1 Å². The van der Waals surface area contributed by atoms with Crippen molar-refractivity contribution in [3.63, 3.8) is 0 Å². The summed E-state index contributed by atoms with van der Waals surface area (Å²) in [5, 5.41) is 3.57. The summed E-state index contributed by atoms with van der Waals surface area (Å²) in [6.07, 6.45) is 3.45. The summed E-state index contributed by atoms with van der Waals surface area (Å²) in [6, 6.07) is 10.7. The van der Waals surface area contributed by atoms with Crippen LogP contribution in [0.2, 0.25) is 0 Å². The fourth-order valence-corrected chi connectivity index (χ4v) is 3.34. The molecule has 0 radical (unpaired) electrons. The lowest BCUT2D eigenvalue weighted by Gasteiger charge is -2.18. The number of anilines is 1. The molecule has 4 heteroatoms. The summed E-state index contributed by atoms with van der Waals surface area (Å²) >= 11 is 5.20. The van der Waals surface area contributed by atoms with Gasteiger partial charge in [0.05, 0.1) is 7.11 Å². The van der Waals surface area contributed by atoms with Gasteiger partial charge in [0, 0.05) is 11.3 Å². The number of methoxy groups -OCH3 is 1. The molecular weight excluding hydrogens is 342 g/mol. The van der Waals surface area contributed by atoms with Gasteiger partial charge in [0.15, 0.2) is 0 Å². The Morgan fingerprint density at radius 2 is 1.92 bits per heavy atom. The van der Waals surface area contributed by atoms with Gasteiger partial charge in [0.1, 0.15) is 12.4 Å². The molecule has 0 heterocycles. The van der Waals surface area contributed by atoms with E-state index in [1.54, 1.807) is 7.11 Å². The Morgan fingerprint density at radius 1 is 1.19 bits per heavy atom. The van der Waals surface area contributed by atoms with Gasteiger partial charge in [0.2, 0.25) is 0 Å². The van der Waals surface area contributed by atoms with Gasteiger partial charge in [-0.3, -0.25) is 0 Å². The molecule has 0 atom stereocenters. The molecule has 1 N–H and O–H groups in total. The number of hydrogen-bond acceptors (Lipinski definition) is 3. The summed E-state index contributed by atoms with van der Waals surface area (Å²) < 4.78 is 11.4. The largest absolute Gasteiger partial charge is 0.489 e. The Kier molecular flexibility index (Phi) is 5.82. The number of thiocarbonyl (C=S) groups is 1. The van der Waals surface area contributed by atoms with Crippen LogP contribution in [0, 0.1) is 13.8 Å². The van der Waals surface area contributed by atoms with E-state index in [1.807, 2.05) is 6.07 Å². The molecular formula is C22H27NO2S. The van der Waals surface area contributed by atoms with E-state index in [0.717, 1.165) is 17.9 Å². The van der Waals surface area contributed by atoms with Crippen molar-refractivity contribution in [3.05, 3.63) is 58.1 Å². The molecule has 2 aromatic rings. The van der Waals surface area contributed by atoms with Gasteiger partial charge >= 0.3 is 0 Å². The summed E-state index contributed by atoms with van der Waals surface area (Å²) in [5.41, 5.74) is 7.32. The van der Waals surface area contributed by atoms with Crippen LogP contribution in [0.1, 0.15) is 53.5 Å². The van der Waals surface area contributed by atoms with E-state index in [-0.39, 0.29) is 0 Å². The Labute approximate surface area is 161 Å². The monoisotopic (exact) mass is 369 g/mol. The van der Waals surface area contributed by atoms with Gasteiger partial charge in [-0.25, -0.2) is 0 Å². The molecule has 138 valence electrons. The van der Waals surface area contributed by atoms with Crippen molar-refractivity contribution in [3.8, 4) is 5.75 Å². The van der Waals surface area contributed by atoms with Crippen molar-refractivity contribution in [2.75, 3.05) is 12.4 Å². The van der Waals surface area contributed by atoms with Crippen LogP contribution >= 0.6 is 12.2 Å². The fraction of sp³-hybridized carbons (Fsp3) is 0.409. The van der Waals surface area contributed by atoms with Crippen molar-refractivity contribution >= 4 is 23.1 Å². The number of benzene rings is 2. The zero-order chi connectivity index (χ0) is 18.7. The molecule has 0 spiro atoms. The average Bonchev–Trinajstić information content (AvgIpc) is 3.47.